The van der Waals surface area contributed by atoms with E-state index in [4.69, 9.17) is 4.74 Å². The summed E-state index contributed by atoms with van der Waals surface area (Å²) in [7, 11) is 1.64. The van der Waals surface area contributed by atoms with E-state index in [1.54, 1.807) is 25.9 Å². The van der Waals surface area contributed by atoms with E-state index in [2.05, 4.69) is 5.32 Å². The van der Waals surface area contributed by atoms with E-state index in [0.717, 1.165) is 32.1 Å². The number of amides is 2. The molecule has 2 aliphatic rings. The fourth-order valence-corrected chi connectivity index (χ4v) is 3.33. The quantitative estimate of drug-likeness (QED) is 0.852. The molecule has 0 bridgehead atoms. The van der Waals surface area contributed by atoms with E-state index in [0.29, 0.717) is 6.54 Å². The van der Waals surface area contributed by atoms with Gasteiger partial charge in [-0.25, -0.2) is 0 Å². The Balaban J connectivity index is 2.35. The molecule has 114 valence electrons. The molecule has 20 heavy (non-hydrogen) atoms. The number of hydrogen-bond donors (Lipinski definition) is 1. The molecule has 2 amide bonds. The molecule has 2 fully saturated rings. The van der Waals surface area contributed by atoms with E-state index in [-0.39, 0.29) is 17.9 Å². The van der Waals surface area contributed by atoms with Crippen molar-refractivity contribution < 1.29 is 14.3 Å². The molecule has 1 aliphatic heterocycles. The van der Waals surface area contributed by atoms with Gasteiger partial charge in [0.1, 0.15) is 11.1 Å². The summed E-state index contributed by atoms with van der Waals surface area (Å²) in [5.41, 5.74) is -1.48. The van der Waals surface area contributed by atoms with E-state index in [9.17, 15) is 9.59 Å². The predicted octanol–water partition coefficient (Wildman–Crippen LogP) is 1.46. The molecule has 0 aromatic carbocycles. The van der Waals surface area contributed by atoms with Crippen LogP contribution >= 0.6 is 0 Å². The molecule has 1 aliphatic carbocycles. The smallest absolute Gasteiger partial charge is 0.248 e. The number of nitrogens with zero attached hydrogens (tertiary/aromatic N) is 1. The number of methoxy groups -OCH3 is 1. The van der Waals surface area contributed by atoms with Gasteiger partial charge in [0.15, 0.2) is 0 Å². The van der Waals surface area contributed by atoms with Gasteiger partial charge in [-0.2, -0.15) is 0 Å². The third-order valence-corrected chi connectivity index (χ3v) is 4.67. The fourth-order valence-electron chi connectivity index (χ4n) is 3.33. The molecule has 2 rings (SSSR count). The van der Waals surface area contributed by atoms with Crippen molar-refractivity contribution >= 4 is 11.8 Å². The molecule has 1 saturated heterocycles. The van der Waals surface area contributed by atoms with Crippen LogP contribution in [0.1, 0.15) is 52.9 Å². The number of ether oxygens (including phenoxy) is 1. The monoisotopic (exact) mass is 282 g/mol. The number of carbonyl (C=O) groups excluding carboxylic acids is 2. The first kappa shape index (κ1) is 15.3. The Hall–Kier alpha value is -1.10. The van der Waals surface area contributed by atoms with Crippen LogP contribution in [0.2, 0.25) is 0 Å². The summed E-state index contributed by atoms with van der Waals surface area (Å²) in [5.74, 6) is 0.00741. The second kappa shape index (κ2) is 5.35. The van der Waals surface area contributed by atoms with Crippen molar-refractivity contribution in [3.8, 4) is 0 Å². The molecule has 1 N–H and O–H groups in total. The molecule has 1 spiro atoms. The lowest BCUT2D eigenvalue weighted by Gasteiger charge is -2.52. The second-order valence-electron chi connectivity index (χ2n) is 6.63. The maximum Gasteiger partial charge on any atom is 0.248 e. The maximum atomic E-state index is 12.8. The first-order chi connectivity index (χ1) is 9.33. The Labute approximate surface area is 121 Å². The molecule has 1 saturated carbocycles. The van der Waals surface area contributed by atoms with Gasteiger partial charge in [0.05, 0.1) is 6.10 Å². The molecule has 0 aromatic heterocycles. The summed E-state index contributed by atoms with van der Waals surface area (Å²) in [4.78, 5) is 27.2. The summed E-state index contributed by atoms with van der Waals surface area (Å²) < 4.78 is 5.31. The first-order valence-electron chi connectivity index (χ1n) is 7.51. The van der Waals surface area contributed by atoms with Crippen LogP contribution in [0.4, 0.5) is 0 Å². The molecule has 5 heteroatoms. The lowest BCUT2D eigenvalue weighted by atomic mass is 9.75. The SMILES string of the molecule is COC(C)CN1C(=O)C(C)(C)NC(=O)C12CCCCC2. The summed E-state index contributed by atoms with van der Waals surface area (Å²) in [6.07, 6.45) is 4.59. The van der Waals surface area contributed by atoms with Crippen molar-refractivity contribution in [1.82, 2.24) is 10.2 Å². The molecule has 1 heterocycles. The van der Waals surface area contributed by atoms with Crippen LogP contribution < -0.4 is 5.32 Å². The molecular formula is C15H26N2O3. The van der Waals surface area contributed by atoms with E-state index < -0.39 is 11.1 Å². The van der Waals surface area contributed by atoms with Gasteiger partial charge < -0.3 is 15.0 Å². The zero-order valence-corrected chi connectivity index (χ0v) is 13.0. The maximum absolute atomic E-state index is 12.8. The summed E-state index contributed by atoms with van der Waals surface area (Å²) in [5, 5.41) is 2.92. The van der Waals surface area contributed by atoms with Gasteiger partial charge in [-0.1, -0.05) is 19.3 Å². The third-order valence-electron chi connectivity index (χ3n) is 4.67. The summed E-state index contributed by atoms with van der Waals surface area (Å²) in [6.45, 7) is 5.95. The van der Waals surface area contributed by atoms with Crippen LogP contribution in [0.3, 0.4) is 0 Å². The number of rotatable bonds is 3. The highest BCUT2D eigenvalue weighted by atomic mass is 16.5. The van der Waals surface area contributed by atoms with Crippen LogP contribution in [0.5, 0.6) is 0 Å². The van der Waals surface area contributed by atoms with Crippen molar-refractivity contribution in [3.63, 3.8) is 0 Å². The van der Waals surface area contributed by atoms with Gasteiger partial charge >= 0.3 is 0 Å². The highest BCUT2D eigenvalue weighted by molar-refractivity contribution is 6.02. The Bertz CT molecular complexity index is 400. The van der Waals surface area contributed by atoms with Crippen molar-refractivity contribution in [1.29, 1.82) is 0 Å². The second-order valence-corrected chi connectivity index (χ2v) is 6.63. The number of piperazine rings is 1. The Morgan fingerprint density at radius 1 is 1.25 bits per heavy atom. The Morgan fingerprint density at radius 2 is 1.85 bits per heavy atom. The van der Waals surface area contributed by atoms with Crippen LogP contribution in [0.25, 0.3) is 0 Å². The molecule has 1 atom stereocenters. The van der Waals surface area contributed by atoms with Gasteiger partial charge in [-0.3, -0.25) is 9.59 Å². The van der Waals surface area contributed by atoms with Gasteiger partial charge in [0.25, 0.3) is 0 Å². The average Bonchev–Trinajstić information content (AvgIpc) is 2.42. The highest BCUT2D eigenvalue weighted by Gasteiger charge is 2.55. The minimum atomic E-state index is -0.826. The molecular weight excluding hydrogens is 256 g/mol. The van der Waals surface area contributed by atoms with Crippen molar-refractivity contribution in [2.24, 2.45) is 0 Å². The van der Waals surface area contributed by atoms with E-state index >= 15 is 0 Å². The lowest BCUT2D eigenvalue weighted by molar-refractivity contribution is -0.166. The number of hydrogen-bond acceptors (Lipinski definition) is 3. The predicted molar refractivity (Wildman–Crippen MR) is 76.2 cm³/mol. The lowest BCUT2D eigenvalue weighted by Crippen LogP contribution is -2.75. The third kappa shape index (κ3) is 2.43. The molecule has 0 aromatic rings. The standard InChI is InChI=1S/C15H26N2O3/c1-11(20-4)10-17-13(19)14(2,3)16-12(18)15(17)8-6-5-7-9-15/h11H,5-10H2,1-4H3,(H,16,18). The van der Waals surface area contributed by atoms with E-state index in [1.165, 1.54) is 0 Å². The topological polar surface area (TPSA) is 58.6 Å². The summed E-state index contributed by atoms with van der Waals surface area (Å²) >= 11 is 0. The van der Waals surface area contributed by atoms with Crippen LogP contribution in [0.15, 0.2) is 0 Å². The van der Waals surface area contributed by atoms with Crippen molar-refractivity contribution in [3.05, 3.63) is 0 Å². The number of nitrogens with one attached hydrogen (secondary N) is 1. The fraction of sp³-hybridized carbons (Fsp3) is 0.867. The minimum absolute atomic E-state index is 0.00269. The zero-order valence-electron chi connectivity index (χ0n) is 13.0. The van der Waals surface area contributed by atoms with Crippen molar-refractivity contribution in [2.75, 3.05) is 13.7 Å². The highest BCUT2D eigenvalue weighted by Crippen LogP contribution is 2.38. The first-order valence-corrected chi connectivity index (χ1v) is 7.51. The average molecular weight is 282 g/mol. The van der Waals surface area contributed by atoms with Crippen LogP contribution in [0, 0.1) is 0 Å². The number of carbonyl (C=O) groups is 2. The summed E-state index contributed by atoms with van der Waals surface area (Å²) in [6, 6.07) is 0. The van der Waals surface area contributed by atoms with E-state index in [1.807, 2.05) is 6.92 Å². The zero-order chi connectivity index (χ0) is 15.0. The van der Waals surface area contributed by atoms with Gasteiger partial charge in [0, 0.05) is 13.7 Å². The molecule has 5 nitrogen and oxygen atoms in total. The van der Waals surface area contributed by atoms with Crippen LogP contribution in [-0.4, -0.2) is 47.6 Å². The normalized spacial score (nSPS) is 26.5. The molecule has 0 radical (unpaired) electrons. The minimum Gasteiger partial charge on any atom is -0.380 e. The van der Waals surface area contributed by atoms with Gasteiger partial charge in [-0.15, -0.1) is 0 Å². The Kier molecular flexibility index (Phi) is 4.09. The molecule has 1 unspecified atom stereocenters. The largest absolute Gasteiger partial charge is 0.380 e. The van der Waals surface area contributed by atoms with Crippen LogP contribution in [-0.2, 0) is 14.3 Å². The van der Waals surface area contributed by atoms with Crippen molar-refractivity contribution in [2.45, 2.75) is 70.1 Å². The Morgan fingerprint density at radius 3 is 2.40 bits per heavy atom. The van der Waals surface area contributed by atoms with Gasteiger partial charge in [0.2, 0.25) is 11.8 Å². The van der Waals surface area contributed by atoms with Gasteiger partial charge in [-0.05, 0) is 33.6 Å².